The van der Waals surface area contributed by atoms with E-state index in [2.05, 4.69) is 22.5 Å². The van der Waals surface area contributed by atoms with Crippen LogP contribution >= 0.6 is 0 Å². The minimum atomic E-state index is -0.928. The van der Waals surface area contributed by atoms with Crippen LogP contribution in [0.15, 0.2) is 12.7 Å². The van der Waals surface area contributed by atoms with E-state index in [1.807, 2.05) is 0 Å². The molecule has 0 spiro atoms. The predicted molar refractivity (Wildman–Crippen MR) is 80.2 cm³/mol. The number of amides is 2. The van der Waals surface area contributed by atoms with E-state index >= 15 is 0 Å². The third-order valence-corrected chi connectivity index (χ3v) is 3.76. The minimum Gasteiger partial charge on any atom is -0.351 e. The van der Waals surface area contributed by atoms with Gasteiger partial charge < -0.3 is 16.0 Å². The molecule has 2 amide bonds. The molecule has 0 bridgehead atoms. The van der Waals surface area contributed by atoms with Crippen molar-refractivity contribution in [2.45, 2.75) is 52.1 Å². The monoisotopic (exact) mass is 281 g/mol. The third kappa shape index (κ3) is 4.34. The molecule has 0 aromatic heterocycles. The van der Waals surface area contributed by atoms with E-state index in [-0.39, 0.29) is 17.9 Å². The molecule has 0 aromatic rings. The van der Waals surface area contributed by atoms with Gasteiger partial charge in [0.15, 0.2) is 0 Å². The fraction of sp³-hybridized carbons (Fsp3) is 0.733. The summed E-state index contributed by atoms with van der Waals surface area (Å²) in [6.07, 6.45) is 3.44. The highest BCUT2D eigenvalue weighted by Gasteiger charge is 2.35. The van der Waals surface area contributed by atoms with Crippen LogP contribution in [0.1, 0.15) is 40.5 Å². The quantitative estimate of drug-likeness (QED) is 0.657. The van der Waals surface area contributed by atoms with E-state index in [4.69, 9.17) is 0 Å². The van der Waals surface area contributed by atoms with E-state index < -0.39 is 11.0 Å². The lowest BCUT2D eigenvalue weighted by Crippen LogP contribution is -2.59. The number of carbonyl (C=O) groups is 2. The highest BCUT2D eigenvalue weighted by Crippen LogP contribution is 2.18. The van der Waals surface area contributed by atoms with Gasteiger partial charge in [0.1, 0.15) is 5.54 Å². The van der Waals surface area contributed by atoms with Crippen LogP contribution in [0.4, 0.5) is 0 Å². The summed E-state index contributed by atoms with van der Waals surface area (Å²) in [6.45, 7) is 12.5. The molecule has 0 unspecified atom stereocenters. The van der Waals surface area contributed by atoms with E-state index in [1.165, 1.54) is 0 Å². The number of piperidine rings is 1. The van der Waals surface area contributed by atoms with Crippen LogP contribution in [0.3, 0.4) is 0 Å². The van der Waals surface area contributed by atoms with E-state index in [0.29, 0.717) is 0 Å². The summed E-state index contributed by atoms with van der Waals surface area (Å²) in [7, 11) is 0. The first-order valence-electron chi connectivity index (χ1n) is 7.17. The Labute approximate surface area is 121 Å². The van der Waals surface area contributed by atoms with Crippen molar-refractivity contribution in [3.05, 3.63) is 12.7 Å². The Bertz CT molecular complexity index is 383. The fourth-order valence-electron chi connectivity index (χ4n) is 1.93. The predicted octanol–water partition coefficient (Wildman–Crippen LogP) is 0.962. The van der Waals surface area contributed by atoms with Gasteiger partial charge in [0, 0.05) is 6.04 Å². The molecule has 1 aliphatic heterocycles. The standard InChI is InChI=1S/C15H27N3O2/c1-6-14(2,3)12(19)18-15(4,5)13(20)17-11-7-9-16-10-8-11/h6,11,16H,1,7-10H2,2-5H3,(H,17,20)(H,18,19). The summed E-state index contributed by atoms with van der Waals surface area (Å²) < 4.78 is 0. The first kappa shape index (κ1) is 16.7. The average molecular weight is 281 g/mol. The molecule has 5 nitrogen and oxygen atoms in total. The Morgan fingerprint density at radius 3 is 2.20 bits per heavy atom. The Morgan fingerprint density at radius 1 is 1.15 bits per heavy atom. The fourth-order valence-corrected chi connectivity index (χ4v) is 1.93. The lowest BCUT2D eigenvalue weighted by atomic mass is 9.90. The average Bonchev–Trinajstić information content (AvgIpc) is 2.39. The van der Waals surface area contributed by atoms with Crippen molar-refractivity contribution in [3.63, 3.8) is 0 Å². The van der Waals surface area contributed by atoms with E-state index in [0.717, 1.165) is 25.9 Å². The molecule has 1 heterocycles. The van der Waals surface area contributed by atoms with Gasteiger partial charge >= 0.3 is 0 Å². The summed E-state index contributed by atoms with van der Waals surface area (Å²) >= 11 is 0. The van der Waals surface area contributed by atoms with Gasteiger partial charge in [-0.25, -0.2) is 0 Å². The van der Waals surface area contributed by atoms with Gasteiger partial charge in [-0.3, -0.25) is 9.59 Å². The van der Waals surface area contributed by atoms with Gasteiger partial charge in [0.2, 0.25) is 11.8 Å². The second-order valence-electron chi connectivity index (χ2n) is 6.50. The van der Waals surface area contributed by atoms with Gasteiger partial charge in [-0.05, 0) is 53.6 Å². The molecule has 114 valence electrons. The largest absolute Gasteiger partial charge is 0.351 e. The maximum Gasteiger partial charge on any atom is 0.245 e. The van der Waals surface area contributed by atoms with Gasteiger partial charge in [-0.1, -0.05) is 6.08 Å². The normalized spacial score (nSPS) is 17.4. The molecule has 1 aliphatic rings. The van der Waals surface area contributed by atoms with Crippen LogP contribution in [0.2, 0.25) is 0 Å². The number of carbonyl (C=O) groups excluding carboxylic acids is 2. The zero-order chi connectivity index (χ0) is 15.4. The van der Waals surface area contributed by atoms with Crippen molar-refractivity contribution in [2.24, 2.45) is 5.41 Å². The molecule has 5 heteroatoms. The topological polar surface area (TPSA) is 70.2 Å². The lowest BCUT2D eigenvalue weighted by Gasteiger charge is -2.32. The Kier molecular flexibility index (Phi) is 5.34. The zero-order valence-corrected chi connectivity index (χ0v) is 13.0. The Balaban J connectivity index is 2.60. The molecule has 1 fully saturated rings. The number of rotatable bonds is 5. The maximum absolute atomic E-state index is 12.3. The Morgan fingerprint density at radius 2 is 1.70 bits per heavy atom. The molecule has 0 atom stereocenters. The van der Waals surface area contributed by atoms with Crippen LogP contribution in [0.25, 0.3) is 0 Å². The highest BCUT2D eigenvalue weighted by molar-refractivity contribution is 5.93. The second kappa shape index (κ2) is 6.39. The van der Waals surface area contributed by atoms with Gasteiger partial charge in [-0.2, -0.15) is 0 Å². The molecule has 0 saturated carbocycles. The molecular formula is C15H27N3O2. The molecular weight excluding hydrogens is 254 g/mol. The molecule has 1 rings (SSSR count). The maximum atomic E-state index is 12.3. The van der Waals surface area contributed by atoms with Crippen molar-refractivity contribution in [1.29, 1.82) is 0 Å². The third-order valence-electron chi connectivity index (χ3n) is 3.76. The molecule has 3 N–H and O–H groups in total. The molecule has 0 aromatic carbocycles. The summed E-state index contributed by atoms with van der Waals surface area (Å²) in [5, 5.41) is 9.07. The van der Waals surface area contributed by atoms with Crippen LogP contribution in [0.5, 0.6) is 0 Å². The first-order chi connectivity index (χ1) is 9.19. The summed E-state index contributed by atoms with van der Waals surface area (Å²) in [4.78, 5) is 24.4. The van der Waals surface area contributed by atoms with Gasteiger partial charge in [0.05, 0.1) is 5.41 Å². The lowest BCUT2D eigenvalue weighted by molar-refractivity contribution is -0.135. The van der Waals surface area contributed by atoms with Crippen LogP contribution < -0.4 is 16.0 Å². The number of hydrogen-bond donors (Lipinski definition) is 3. The van der Waals surface area contributed by atoms with Crippen molar-refractivity contribution < 1.29 is 9.59 Å². The summed E-state index contributed by atoms with van der Waals surface area (Å²) in [6, 6.07) is 0.187. The van der Waals surface area contributed by atoms with E-state index in [1.54, 1.807) is 33.8 Å². The minimum absolute atomic E-state index is 0.141. The van der Waals surface area contributed by atoms with Gasteiger partial charge in [0.25, 0.3) is 0 Å². The molecule has 0 aliphatic carbocycles. The molecule has 20 heavy (non-hydrogen) atoms. The second-order valence-corrected chi connectivity index (χ2v) is 6.50. The van der Waals surface area contributed by atoms with Crippen LogP contribution in [0, 0.1) is 5.41 Å². The molecule has 0 radical (unpaired) electrons. The van der Waals surface area contributed by atoms with Crippen molar-refractivity contribution in [2.75, 3.05) is 13.1 Å². The van der Waals surface area contributed by atoms with Crippen LogP contribution in [-0.4, -0.2) is 36.5 Å². The van der Waals surface area contributed by atoms with Crippen molar-refractivity contribution in [1.82, 2.24) is 16.0 Å². The smallest absolute Gasteiger partial charge is 0.245 e. The summed E-state index contributed by atoms with van der Waals surface area (Å²) in [5.41, 5.74) is -1.62. The van der Waals surface area contributed by atoms with E-state index in [9.17, 15) is 9.59 Å². The Hall–Kier alpha value is -1.36. The summed E-state index contributed by atoms with van der Waals surface area (Å²) in [5.74, 6) is -0.337. The zero-order valence-electron chi connectivity index (χ0n) is 13.0. The van der Waals surface area contributed by atoms with Gasteiger partial charge in [-0.15, -0.1) is 6.58 Å². The first-order valence-corrected chi connectivity index (χ1v) is 7.17. The molecule has 1 saturated heterocycles. The number of nitrogens with one attached hydrogen (secondary N) is 3. The SMILES string of the molecule is C=CC(C)(C)C(=O)NC(C)(C)C(=O)NC1CCNCC1. The highest BCUT2D eigenvalue weighted by atomic mass is 16.2. The van der Waals surface area contributed by atoms with Crippen LogP contribution in [-0.2, 0) is 9.59 Å². The van der Waals surface area contributed by atoms with Crippen molar-refractivity contribution in [3.8, 4) is 0 Å². The van der Waals surface area contributed by atoms with Crippen molar-refractivity contribution >= 4 is 11.8 Å². The number of hydrogen-bond acceptors (Lipinski definition) is 3.